The normalized spacial score (nSPS) is 22.6. The van der Waals surface area contributed by atoms with Crippen molar-refractivity contribution in [1.82, 2.24) is 0 Å². The molecule has 3 rings (SSSR count). The van der Waals surface area contributed by atoms with Gasteiger partial charge in [0.1, 0.15) is 0 Å². The lowest BCUT2D eigenvalue weighted by molar-refractivity contribution is -0.00537. The zero-order valence-electron chi connectivity index (χ0n) is 12.0. The molecule has 1 aliphatic carbocycles. The Labute approximate surface area is 121 Å². The number of hydrogen-bond donors (Lipinski definition) is 2. The van der Waals surface area contributed by atoms with Gasteiger partial charge in [-0.1, -0.05) is 12.5 Å². The van der Waals surface area contributed by atoms with Gasteiger partial charge >= 0.3 is 0 Å². The van der Waals surface area contributed by atoms with E-state index in [1.807, 2.05) is 6.07 Å². The maximum absolute atomic E-state index is 10.4. The Hall–Kier alpha value is -1.06. The van der Waals surface area contributed by atoms with Crippen molar-refractivity contribution in [3.8, 4) is 0 Å². The summed E-state index contributed by atoms with van der Waals surface area (Å²) in [6, 6.07) is 9.53. The Morgan fingerprint density at radius 1 is 1.30 bits per heavy atom. The van der Waals surface area contributed by atoms with E-state index in [2.05, 4.69) is 23.1 Å². The molecule has 0 atom stereocenters. The summed E-state index contributed by atoms with van der Waals surface area (Å²) in [5.41, 5.74) is 2.11. The summed E-state index contributed by atoms with van der Waals surface area (Å²) in [5, 5.41) is 19.4. The molecule has 3 heteroatoms. The van der Waals surface area contributed by atoms with E-state index in [-0.39, 0.29) is 6.61 Å². The van der Waals surface area contributed by atoms with E-state index in [4.69, 9.17) is 5.11 Å². The Morgan fingerprint density at radius 2 is 2.05 bits per heavy atom. The van der Waals surface area contributed by atoms with E-state index in [9.17, 15) is 5.11 Å². The Bertz CT molecular complexity index is 448. The molecule has 1 aromatic rings. The van der Waals surface area contributed by atoms with Crippen LogP contribution in [0.4, 0.5) is 5.69 Å². The molecule has 1 aliphatic heterocycles. The molecule has 0 spiro atoms. The summed E-state index contributed by atoms with van der Waals surface area (Å²) in [6.07, 6.45) is 5.93. The van der Waals surface area contributed by atoms with Crippen LogP contribution in [0.2, 0.25) is 0 Å². The highest BCUT2D eigenvalue weighted by Crippen LogP contribution is 2.41. The van der Waals surface area contributed by atoms with Crippen molar-refractivity contribution in [1.29, 1.82) is 0 Å². The van der Waals surface area contributed by atoms with Crippen LogP contribution in [0, 0.1) is 6.07 Å². The molecule has 1 radical (unpaired) electrons. The van der Waals surface area contributed by atoms with Gasteiger partial charge in [0.2, 0.25) is 0 Å². The van der Waals surface area contributed by atoms with Crippen LogP contribution in [0.3, 0.4) is 0 Å². The highest BCUT2D eigenvalue weighted by Gasteiger charge is 2.33. The van der Waals surface area contributed by atoms with Gasteiger partial charge in [0, 0.05) is 25.4 Å². The summed E-state index contributed by atoms with van der Waals surface area (Å²) < 4.78 is 0. The van der Waals surface area contributed by atoms with Crippen molar-refractivity contribution in [2.45, 2.75) is 50.0 Å². The van der Waals surface area contributed by atoms with Crippen molar-refractivity contribution >= 4 is 5.69 Å². The third kappa shape index (κ3) is 2.70. The minimum Gasteiger partial charge on any atom is -0.396 e. The molecule has 2 N–H and O–H groups in total. The topological polar surface area (TPSA) is 43.7 Å². The minimum atomic E-state index is -0.664. The molecule has 1 heterocycles. The molecule has 0 aromatic heterocycles. The number of nitrogens with zero attached hydrogens (tertiary/aromatic N) is 1. The van der Waals surface area contributed by atoms with E-state index >= 15 is 0 Å². The molecule has 109 valence electrons. The van der Waals surface area contributed by atoms with E-state index < -0.39 is 5.60 Å². The highest BCUT2D eigenvalue weighted by molar-refractivity contribution is 5.55. The first-order valence-electron chi connectivity index (χ1n) is 7.80. The summed E-state index contributed by atoms with van der Waals surface area (Å²) >= 11 is 0. The van der Waals surface area contributed by atoms with Crippen LogP contribution in [0.15, 0.2) is 18.2 Å². The summed E-state index contributed by atoms with van der Waals surface area (Å²) in [7, 11) is 0. The fraction of sp³-hybridized carbons (Fsp3) is 0.647. The molecular weight excluding hydrogens is 250 g/mol. The first-order chi connectivity index (χ1) is 9.72. The number of anilines is 1. The molecule has 2 fully saturated rings. The number of aliphatic hydroxyl groups excluding tert-OH is 1. The lowest BCUT2D eigenvalue weighted by Gasteiger charge is -2.41. The molecule has 1 saturated heterocycles. The van der Waals surface area contributed by atoms with Crippen LogP contribution in [0.5, 0.6) is 0 Å². The van der Waals surface area contributed by atoms with E-state index in [1.165, 1.54) is 30.5 Å². The van der Waals surface area contributed by atoms with E-state index in [0.717, 1.165) is 25.9 Å². The minimum absolute atomic E-state index is 0.0735. The lowest BCUT2D eigenvalue weighted by atomic mass is 9.79. The van der Waals surface area contributed by atoms with Gasteiger partial charge in [0.05, 0.1) is 5.60 Å². The van der Waals surface area contributed by atoms with Crippen molar-refractivity contribution < 1.29 is 10.2 Å². The summed E-state index contributed by atoms with van der Waals surface area (Å²) in [5.74, 6) is 0.709. The van der Waals surface area contributed by atoms with Crippen LogP contribution in [0.1, 0.15) is 50.0 Å². The van der Waals surface area contributed by atoms with Crippen molar-refractivity contribution in [3.63, 3.8) is 0 Å². The van der Waals surface area contributed by atoms with Crippen molar-refractivity contribution in [2.24, 2.45) is 0 Å². The van der Waals surface area contributed by atoms with E-state index in [0.29, 0.717) is 12.3 Å². The molecule has 0 amide bonds. The number of benzene rings is 1. The predicted octanol–water partition coefficient (Wildman–Crippen LogP) is 2.47. The summed E-state index contributed by atoms with van der Waals surface area (Å²) in [6.45, 7) is 1.82. The van der Waals surface area contributed by atoms with Crippen molar-refractivity contribution in [2.75, 3.05) is 24.6 Å². The van der Waals surface area contributed by atoms with Gasteiger partial charge < -0.3 is 15.1 Å². The first-order valence-corrected chi connectivity index (χ1v) is 7.80. The average Bonchev–Trinajstić information content (AvgIpc) is 2.39. The Balaban J connectivity index is 1.72. The zero-order valence-corrected chi connectivity index (χ0v) is 12.0. The third-order valence-electron chi connectivity index (χ3n) is 5.03. The molecule has 2 aliphatic rings. The predicted molar refractivity (Wildman–Crippen MR) is 80.0 cm³/mol. The van der Waals surface area contributed by atoms with Gasteiger partial charge in [-0.3, -0.25) is 0 Å². The van der Waals surface area contributed by atoms with Gasteiger partial charge in [-0.25, -0.2) is 0 Å². The summed E-state index contributed by atoms with van der Waals surface area (Å²) in [4.78, 5) is 2.40. The lowest BCUT2D eigenvalue weighted by Crippen LogP contribution is -2.45. The quantitative estimate of drug-likeness (QED) is 0.886. The molecule has 3 nitrogen and oxygen atoms in total. The second kappa shape index (κ2) is 5.74. The van der Waals surface area contributed by atoms with E-state index in [1.54, 1.807) is 0 Å². The largest absolute Gasteiger partial charge is 0.396 e. The first kappa shape index (κ1) is 13.9. The molecule has 1 aromatic carbocycles. The maximum Gasteiger partial charge on any atom is 0.0703 e. The van der Waals surface area contributed by atoms with Crippen LogP contribution in [0.25, 0.3) is 0 Å². The van der Waals surface area contributed by atoms with Crippen LogP contribution < -0.4 is 4.90 Å². The van der Waals surface area contributed by atoms with Gasteiger partial charge in [0.15, 0.2) is 0 Å². The fourth-order valence-corrected chi connectivity index (χ4v) is 3.39. The SMILES string of the molecule is OCCC1(O)CCN(c2cc[c]cc2C2CCC2)CC1. The average molecular weight is 274 g/mol. The number of aliphatic hydroxyl groups is 2. The van der Waals surface area contributed by atoms with Crippen LogP contribution in [-0.2, 0) is 0 Å². The van der Waals surface area contributed by atoms with Gasteiger partial charge in [-0.2, -0.15) is 0 Å². The Morgan fingerprint density at radius 3 is 2.65 bits per heavy atom. The molecule has 1 saturated carbocycles. The van der Waals surface area contributed by atoms with Gasteiger partial charge in [-0.05, 0) is 61.8 Å². The molecule has 20 heavy (non-hydrogen) atoms. The molecule has 0 unspecified atom stereocenters. The zero-order chi connectivity index (χ0) is 14.0. The van der Waals surface area contributed by atoms with Crippen LogP contribution in [-0.4, -0.2) is 35.5 Å². The Kier molecular flexibility index (Phi) is 3.99. The smallest absolute Gasteiger partial charge is 0.0703 e. The van der Waals surface area contributed by atoms with Gasteiger partial charge in [0.25, 0.3) is 0 Å². The highest BCUT2D eigenvalue weighted by atomic mass is 16.3. The number of rotatable bonds is 4. The van der Waals surface area contributed by atoms with Crippen LogP contribution >= 0.6 is 0 Å². The fourth-order valence-electron chi connectivity index (χ4n) is 3.39. The number of piperidine rings is 1. The third-order valence-corrected chi connectivity index (χ3v) is 5.03. The van der Waals surface area contributed by atoms with Crippen molar-refractivity contribution in [3.05, 3.63) is 29.8 Å². The monoisotopic (exact) mass is 274 g/mol. The maximum atomic E-state index is 10.4. The second-order valence-electron chi connectivity index (χ2n) is 6.30. The molecular formula is C17H24NO2. The molecule has 0 bridgehead atoms. The van der Waals surface area contributed by atoms with Gasteiger partial charge in [-0.15, -0.1) is 0 Å². The standard InChI is InChI=1S/C17H24NO2/c19-13-10-17(20)8-11-18(12-9-17)16-7-2-1-6-15(16)14-4-3-5-14/h2,6-7,14,19-20H,3-5,8-13H2. The number of hydrogen-bond acceptors (Lipinski definition) is 3. The second-order valence-corrected chi connectivity index (χ2v) is 6.30.